The van der Waals surface area contributed by atoms with Gasteiger partial charge in [0.25, 0.3) is 0 Å². The van der Waals surface area contributed by atoms with Gasteiger partial charge in [-0.15, -0.1) is 0 Å². The van der Waals surface area contributed by atoms with Crippen LogP contribution in [0.4, 0.5) is 0 Å². The Hall–Kier alpha value is -3.92. The van der Waals surface area contributed by atoms with E-state index in [0.717, 1.165) is 22.3 Å². The highest BCUT2D eigenvalue weighted by molar-refractivity contribution is 6.52. The normalized spacial score (nSPS) is 12.4. The number of carbonyl (C=O) groups is 2. The van der Waals surface area contributed by atoms with Gasteiger partial charge in [0.15, 0.2) is 0 Å². The van der Waals surface area contributed by atoms with E-state index in [0.29, 0.717) is 22.5 Å². The molecule has 1 aliphatic carbocycles. The third-order valence-electron chi connectivity index (χ3n) is 4.91. The lowest BCUT2D eigenvalue weighted by molar-refractivity contribution is 0.0815. The Morgan fingerprint density at radius 3 is 1.29 bits per heavy atom. The summed E-state index contributed by atoms with van der Waals surface area (Å²) in [4.78, 5) is 34.6. The number of aromatic nitrogens is 2. The quantitative estimate of drug-likeness (QED) is 0.478. The van der Waals surface area contributed by atoms with Crippen LogP contribution >= 0.6 is 0 Å². The van der Waals surface area contributed by atoms with Gasteiger partial charge in [-0.25, -0.2) is 0 Å². The van der Waals surface area contributed by atoms with Gasteiger partial charge in [-0.05, 0) is 23.3 Å². The van der Waals surface area contributed by atoms with Gasteiger partial charge in [-0.2, -0.15) is 0 Å². The summed E-state index contributed by atoms with van der Waals surface area (Å²) in [5.41, 5.74) is 5.00. The van der Waals surface area contributed by atoms with Crippen LogP contribution < -0.4 is 0 Å². The molecule has 0 radical (unpaired) electrons. The molecule has 0 saturated carbocycles. The van der Waals surface area contributed by atoms with Crippen LogP contribution in [0.3, 0.4) is 0 Å². The first-order valence-electron chi connectivity index (χ1n) is 8.93. The Morgan fingerprint density at radius 2 is 0.893 bits per heavy atom. The van der Waals surface area contributed by atoms with Crippen LogP contribution in [0.1, 0.15) is 20.7 Å². The van der Waals surface area contributed by atoms with E-state index in [1.54, 1.807) is 24.5 Å². The zero-order valence-electron chi connectivity index (χ0n) is 14.8. The predicted molar refractivity (Wildman–Crippen MR) is 107 cm³/mol. The molecule has 0 N–H and O–H groups in total. The van der Waals surface area contributed by atoms with Gasteiger partial charge in [0.2, 0.25) is 11.6 Å². The van der Waals surface area contributed by atoms with Crippen molar-refractivity contribution >= 4 is 11.6 Å². The van der Waals surface area contributed by atoms with Crippen molar-refractivity contribution in [2.75, 3.05) is 0 Å². The Balaban J connectivity index is 1.66. The third-order valence-corrected chi connectivity index (χ3v) is 4.91. The summed E-state index contributed by atoms with van der Waals surface area (Å²) in [7, 11) is 0. The molecule has 132 valence electrons. The lowest BCUT2D eigenvalue weighted by Crippen LogP contribution is -2.23. The molecule has 0 spiro atoms. The molecular formula is C24H14N2O2. The van der Waals surface area contributed by atoms with E-state index in [1.807, 2.05) is 60.7 Å². The Kier molecular flexibility index (Phi) is 3.69. The first-order valence-corrected chi connectivity index (χ1v) is 8.93. The summed E-state index contributed by atoms with van der Waals surface area (Å²) in [6.45, 7) is 0. The molecule has 4 aromatic rings. The summed E-state index contributed by atoms with van der Waals surface area (Å²) in [5.74, 6) is -1.08. The number of fused-ring (bicyclic) bond motifs is 3. The maximum absolute atomic E-state index is 12.8. The minimum atomic E-state index is -0.542. The number of nitrogens with zero attached hydrogens (tertiary/aromatic N) is 2. The van der Waals surface area contributed by atoms with Crippen molar-refractivity contribution in [1.82, 2.24) is 9.97 Å². The number of hydrogen-bond donors (Lipinski definition) is 0. The lowest BCUT2D eigenvalue weighted by atomic mass is 9.88. The van der Waals surface area contributed by atoms with E-state index in [9.17, 15) is 9.59 Å². The van der Waals surface area contributed by atoms with Crippen molar-refractivity contribution < 1.29 is 9.59 Å². The van der Waals surface area contributed by atoms with Gasteiger partial charge in [-0.3, -0.25) is 19.6 Å². The Bertz CT molecular complexity index is 1130. The molecule has 28 heavy (non-hydrogen) atoms. The molecule has 1 aliphatic rings. The molecule has 2 aromatic carbocycles. The smallest absolute Gasteiger partial charge is 0.235 e. The predicted octanol–water partition coefficient (Wildman–Crippen LogP) is 4.86. The van der Waals surface area contributed by atoms with E-state index in [-0.39, 0.29) is 0 Å². The van der Waals surface area contributed by atoms with E-state index in [4.69, 9.17) is 0 Å². The summed E-state index contributed by atoms with van der Waals surface area (Å²) in [6, 6.07) is 22.8. The first-order chi connectivity index (χ1) is 13.7. The summed E-state index contributed by atoms with van der Waals surface area (Å²) >= 11 is 0. The van der Waals surface area contributed by atoms with Crippen molar-refractivity contribution in [1.29, 1.82) is 0 Å². The summed E-state index contributed by atoms with van der Waals surface area (Å²) in [6.07, 6.45) is 3.43. The van der Waals surface area contributed by atoms with Crippen LogP contribution in [-0.4, -0.2) is 21.5 Å². The van der Waals surface area contributed by atoms with Gasteiger partial charge in [-0.1, -0.05) is 60.7 Å². The standard InChI is InChI=1S/C24H14N2O2/c27-23-19-11-17(15-7-3-1-4-8-15)13-25-21(19)22-20(24(23)28)12-18(14-26-22)16-9-5-2-6-10-16/h1-14H. The highest BCUT2D eigenvalue weighted by atomic mass is 16.2. The lowest BCUT2D eigenvalue weighted by Gasteiger charge is -2.17. The largest absolute Gasteiger partial charge is 0.285 e. The number of benzene rings is 2. The van der Waals surface area contributed by atoms with Crippen molar-refractivity contribution in [2.24, 2.45) is 0 Å². The van der Waals surface area contributed by atoms with Crippen LogP contribution in [0.25, 0.3) is 33.6 Å². The maximum Gasteiger partial charge on any atom is 0.235 e. The van der Waals surface area contributed by atoms with Crippen LogP contribution in [0, 0.1) is 0 Å². The fraction of sp³-hybridized carbons (Fsp3) is 0. The second kappa shape index (κ2) is 6.35. The topological polar surface area (TPSA) is 59.9 Å². The highest BCUT2D eigenvalue weighted by Crippen LogP contribution is 2.34. The highest BCUT2D eigenvalue weighted by Gasteiger charge is 2.33. The second-order valence-corrected chi connectivity index (χ2v) is 6.63. The van der Waals surface area contributed by atoms with Crippen LogP contribution in [0.15, 0.2) is 85.2 Å². The van der Waals surface area contributed by atoms with Crippen molar-refractivity contribution in [3.05, 3.63) is 96.3 Å². The van der Waals surface area contributed by atoms with Crippen molar-refractivity contribution in [2.45, 2.75) is 0 Å². The number of ketones is 2. The SMILES string of the molecule is O=C1C(=O)c2cc(-c3ccccc3)cnc2-c2ncc(-c3ccccc3)cc21. The van der Waals surface area contributed by atoms with Crippen molar-refractivity contribution in [3.8, 4) is 33.6 Å². The maximum atomic E-state index is 12.8. The fourth-order valence-corrected chi connectivity index (χ4v) is 3.47. The molecule has 4 nitrogen and oxygen atoms in total. The number of pyridine rings is 2. The number of hydrogen-bond acceptors (Lipinski definition) is 4. The van der Waals surface area contributed by atoms with Gasteiger partial charge in [0.05, 0.1) is 11.1 Å². The number of rotatable bonds is 2. The zero-order valence-corrected chi connectivity index (χ0v) is 14.8. The van der Waals surface area contributed by atoms with E-state index < -0.39 is 11.6 Å². The minimum Gasteiger partial charge on any atom is -0.285 e. The number of Topliss-reactive ketones (excluding diaryl/α,β-unsaturated/α-hetero) is 2. The van der Waals surface area contributed by atoms with Crippen LogP contribution in [0.2, 0.25) is 0 Å². The molecular weight excluding hydrogens is 348 g/mol. The number of carbonyl (C=O) groups excluding carboxylic acids is 2. The van der Waals surface area contributed by atoms with Gasteiger partial charge >= 0.3 is 0 Å². The van der Waals surface area contributed by atoms with Crippen LogP contribution in [0.5, 0.6) is 0 Å². The molecule has 5 rings (SSSR count). The molecule has 0 atom stereocenters. The average Bonchev–Trinajstić information content (AvgIpc) is 2.78. The van der Waals surface area contributed by atoms with E-state index >= 15 is 0 Å². The Labute approximate surface area is 161 Å². The van der Waals surface area contributed by atoms with Gasteiger partial charge in [0.1, 0.15) is 11.4 Å². The average molecular weight is 362 g/mol. The van der Waals surface area contributed by atoms with E-state index in [2.05, 4.69) is 9.97 Å². The molecule has 0 aliphatic heterocycles. The molecule has 0 amide bonds. The molecule has 0 bridgehead atoms. The first kappa shape index (κ1) is 16.3. The second-order valence-electron chi connectivity index (χ2n) is 6.63. The van der Waals surface area contributed by atoms with Crippen LogP contribution in [-0.2, 0) is 0 Å². The molecule has 4 heteroatoms. The Morgan fingerprint density at radius 1 is 0.500 bits per heavy atom. The fourth-order valence-electron chi connectivity index (χ4n) is 3.47. The molecule has 0 saturated heterocycles. The summed E-state index contributed by atoms with van der Waals surface area (Å²) in [5, 5.41) is 0. The van der Waals surface area contributed by atoms with E-state index in [1.165, 1.54) is 0 Å². The van der Waals surface area contributed by atoms with Gasteiger partial charge < -0.3 is 0 Å². The minimum absolute atomic E-state index is 0.304. The monoisotopic (exact) mass is 362 g/mol. The summed E-state index contributed by atoms with van der Waals surface area (Å²) < 4.78 is 0. The van der Waals surface area contributed by atoms with Gasteiger partial charge in [0, 0.05) is 23.5 Å². The molecule has 0 fully saturated rings. The molecule has 2 heterocycles. The molecule has 0 unspecified atom stereocenters. The third kappa shape index (κ3) is 2.55. The van der Waals surface area contributed by atoms with Crippen molar-refractivity contribution in [3.63, 3.8) is 0 Å². The molecule has 2 aromatic heterocycles. The zero-order chi connectivity index (χ0) is 19.1.